The monoisotopic (exact) mass is 310 g/mol. The van der Waals surface area contributed by atoms with Gasteiger partial charge in [0.1, 0.15) is 5.75 Å². The molecule has 1 saturated carbocycles. The minimum atomic E-state index is 0.396. The molecule has 0 aliphatic heterocycles. The van der Waals surface area contributed by atoms with E-state index in [4.69, 9.17) is 4.74 Å². The molecule has 1 fully saturated rings. The summed E-state index contributed by atoms with van der Waals surface area (Å²) in [6.07, 6.45) is 0. The molecule has 0 amide bonds. The van der Waals surface area contributed by atoms with E-state index in [2.05, 4.69) is 68.7 Å². The highest BCUT2D eigenvalue weighted by Gasteiger charge is 2.66. The molecule has 1 aliphatic carbocycles. The van der Waals surface area contributed by atoms with Gasteiger partial charge in [-0.1, -0.05) is 49.7 Å². The second-order valence-corrected chi connectivity index (χ2v) is 7.53. The Kier molecular flexibility index (Phi) is 3.30. The Balaban J connectivity index is 2.29. The lowest BCUT2D eigenvalue weighted by Gasteiger charge is -2.16. The van der Waals surface area contributed by atoms with Crippen molar-refractivity contribution in [3.05, 3.63) is 29.3 Å². The summed E-state index contributed by atoms with van der Waals surface area (Å²) in [5, 5.41) is 0. The van der Waals surface area contributed by atoms with Crippen LogP contribution < -0.4 is 4.74 Å². The Bertz CT molecular complexity index is 448. The smallest absolute Gasteiger partial charge is 0.119 e. The van der Waals surface area contributed by atoms with E-state index in [0.29, 0.717) is 21.6 Å². The van der Waals surface area contributed by atoms with Gasteiger partial charge in [-0.15, -0.1) is 0 Å². The fourth-order valence-corrected chi connectivity index (χ4v) is 5.08. The first-order valence-corrected chi connectivity index (χ1v) is 7.43. The molecule has 0 bridgehead atoms. The summed E-state index contributed by atoms with van der Waals surface area (Å²) in [4.78, 5) is 0.424. The molecule has 1 unspecified atom stereocenters. The van der Waals surface area contributed by atoms with E-state index in [0.717, 1.165) is 5.75 Å². The Morgan fingerprint density at radius 1 is 1.17 bits per heavy atom. The Labute approximate surface area is 119 Å². The number of benzene rings is 1. The van der Waals surface area contributed by atoms with E-state index in [1.165, 1.54) is 11.1 Å². The first-order valence-electron chi connectivity index (χ1n) is 6.52. The number of aryl methyl sites for hydroxylation is 1. The number of ether oxygens (including phenoxy) is 1. The van der Waals surface area contributed by atoms with Crippen molar-refractivity contribution in [2.75, 3.05) is 7.11 Å². The third-order valence-corrected chi connectivity index (χ3v) is 6.22. The molecule has 100 valence electrons. The summed E-state index contributed by atoms with van der Waals surface area (Å²) in [6, 6.07) is 6.36. The van der Waals surface area contributed by atoms with E-state index in [9.17, 15) is 0 Å². The minimum absolute atomic E-state index is 0.396. The van der Waals surface area contributed by atoms with Gasteiger partial charge in [-0.25, -0.2) is 0 Å². The molecular weight excluding hydrogens is 288 g/mol. The van der Waals surface area contributed by atoms with Gasteiger partial charge in [0.15, 0.2) is 0 Å². The molecule has 18 heavy (non-hydrogen) atoms. The van der Waals surface area contributed by atoms with Crippen LogP contribution in [-0.2, 0) is 0 Å². The van der Waals surface area contributed by atoms with E-state index < -0.39 is 0 Å². The van der Waals surface area contributed by atoms with Crippen LogP contribution in [0.5, 0.6) is 5.75 Å². The van der Waals surface area contributed by atoms with Gasteiger partial charge in [0.05, 0.1) is 7.11 Å². The van der Waals surface area contributed by atoms with Gasteiger partial charge in [0.25, 0.3) is 0 Å². The molecule has 1 aliphatic rings. The standard InChI is InChI=1S/C16H23BrO/c1-10-9-11(18-6)7-8-12(10)13(17)14-15(2,3)16(14,4)5/h7-9,13-14H,1-6H3. The van der Waals surface area contributed by atoms with Crippen LogP contribution in [0.2, 0.25) is 0 Å². The molecule has 0 aromatic heterocycles. The van der Waals surface area contributed by atoms with E-state index in [1.54, 1.807) is 7.11 Å². The van der Waals surface area contributed by atoms with Gasteiger partial charge in [-0.05, 0) is 46.9 Å². The van der Waals surface area contributed by atoms with Gasteiger partial charge in [0.2, 0.25) is 0 Å². The van der Waals surface area contributed by atoms with Crippen molar-refractivity contribution < 1.29 is 4.74 Å². The molecule has 0 spiro atoms. The van der Waals surface area contributed by atoms with E-state index in [1.807, 2.05) is 0 Å². The molecule has 0 N–H and O–H groups in total. The summed E-state index contributed by atoms with van der Waals surface area (Å²) >= 11 is 3.92. The summed E-state index contributed by atoms with van der Waals surface area (Å²) in [6.45, 7) is 11.6. The predicted molar refractivity (Wildman–Crippen MR) is 80.5 cm³/mol. The molecule has 1 aromatic carbocycles. The predicted octanol–water partition coefficient (Wildman–Crippen LogP) is 5.12. The zero-order chi connectivity index (χ0) is 13.7. The van der Waals surface area contributed by atoms with Crippen LogP contribution >= 0.6 is 15.9 Å². The van der Waals surface area contributed by atoms with Gasteiger partial charge in [-0.2, -0.15) is 0 Å². The average Bonchev–Trinajstić information content (AvgIpc) is 2.68. The maximum absolute atomic E-state index is 5.27. The van der Waals surface area contributed by atoms with Crippen molar-refractivity contribution in [3.63, 3.8) is 0 Å². The molecule has 1 nitrogen and oxygen atoms in total. The van der Waals surface area contributed by atoms with Gasteiger partial charge in [-0.3, -0.25) is 0 Å². The largest absolute Gasteiger partial charge is 0.497 e. The fraction of sp³-hybridized carbons (Fsp3) is 0.625. The van der Waals surface area contributed by atoms with Crippen LogP contribution in [0.3, 0.4) is 0 Å². The topological polar surface area (TPSA) is 9.23 Å². The van der Waals surface area contributed by atoms with Crippen molar-refractivity contribution in [2.24, 2.45) is 16.7 Å². The Morgan fingerprint density at radius 2 is 1.72 bits per heavy atom. The molecule has 2 heteroatoms. The summed E-state index contributed by atoms with van der Waals surface area (Å²) in [5.74, 6) is 1.61. The number of hydrogen-bond acceptors (Lipinski definition) is 1. The second-order valence-electron chi connectivity index (χ2n) is 6.55. The fourth-order valence-electron chi connectivity index (χ4n) is 3.24. The highest BCUT2D eigenvalue weighted by Crippen LogP contribution is 2.74. The highest BCUT2D eigenvalue weighted by molar-refractivity contribution is 9.09. The summed E-state index contributed by atoms with van der Waals surface area (Å²) in [7, 11) is 1.72. The van der Waals surface area contributed by atoms with E-state index >= 15 is 0 Å². The van der Waals surface area contributed by atoms with Crippen LogP contribution in [0.25, 0.3) is 0 Å². The zero-order valence-corrected chi connectivity index (χ0v) is 13.8. The maximum atomic E-state index is 5.27. The van der Waals surface area contributed by atoms with Crippen molar-refractivity contribution in [1.82, 2.24) is 0 Å². The lowest BCUT2D eigenvalue weighted by molar-refractivity contribution is 0.414. The number of halogens is 1. The van der Waals surface area contributed by atoms with Crippen molar-refractivity contribution in [1.29, 1.82) is 0 Å². The third kappa shape index (κ3) is 1.89. The van der Waals surface area contributed by atoms with Crippen molar-refractivity contribution in [2.45, 2.75) is 39.4 Å². The second kappa shape index (κ2) is 4.26. The zero-order valence-electron chi connectivity index (χ0n) is 12.2. The number of methoxy groups -OCH3 is 1. The third-order valence-electron chi connectivity index (χ3n) is 5.20. The summed E-state index contributed by atoms with van der Waals surface area (Å²) < 4.78 is 5.27. The van der Waals surface area contributed by atoms with Crippen LogP contribution in [0.1, 0.15) is 43.6 Å². The van der Waals surface area contributed by atoms with E-state index in [-0.39, 0.29) is 0 Å². The lowest BCUT2D eigenvalue weighted by Crippen LogP contribution is -2.01. The van der Waals surface area contributed by atoms with Crippen LogP contribution in [0, 0.1) is 23.7 Å². The number of alkyl halides is 1. The molecule has 1 aromatic rings. The van der Waals surface area contributed by atoms with Crippen molar-refractivity contribution >= 4 is 15.9 Å². The van der Waals surface area contributed by atoms with Gasteiger partial charge >= 0.3 is 0 Å². The Morgan fingerprint density at radius 3 is 2.11 bits per heavy atom. The maximum Gasteiger partial charge on any atom is 0.119 e. The minimum Gasteiger partial charge on any atom is -0.497 e. The molecule has 1 atom stereocenters. The first-order chi connectivity index (χ1) is 8.23. The molecule has 2 rings (SSSR count). The van der Waals surface area contributed by atoms with Crippen molar-refractivity contribution in [3.8, 4) is 5.75 Å². The first kappa shape index (κ1) is 13.9. The molecule has 0 saturated heterocycles. The van der Waals surface area contributed by atoms with Crippen LogP contribution in [-0.4, -0.2) is 7.11 Å². The lowest BCUT2D eigenvalue weighted by atomic mass is 9.98. The normalized spacial score (nSPS) is 22.6. The quantitative estimate of drug-likeness (QED) is 0.704. The SMILES string of the molecule is COc1ccc(C(Br)C2C(C)(C)C2(C)C)c(C)c1. The highest BCUT2D eigenvalue weighted by atomic mass is 79.9. The molecule has 0 radical (unpaired) electrons. The Hall–Kier alpha value is -0.500. The van der Waals surface area contributed by atoms with Gasteiger partial charge in [0, 0.05) is 4.83 Å². The average molecular weight is 311 g/mol. The van der Waals surface area contributed by atoms with Crippen LogP contribution in [0.4, 0.5) is 0 Å². The summed E-state index contributed by atoms with van der Waals surface area (Å²) in [5.41, 5.74) is 3.48. The molecular formula is C16H23BrO. The molecule has 0 heterocycles. The number of rotatable bonds is 3. The van der Waals surface area contributed by atoms with Gasteiger partial charge < -0.3 is 4.74 Å². The van der Waals surface area contributed by atoms with Crippen LogP contribution in [0.15, 0.2) is 18.2 Å². The number of hydrogen-bond donors (Lipinski definition) is 0.